The first-order chi connectivity index (χ1) is 9.20. The lowest BCUT2D eigenvalue weighted by Gasteiger charge is -2.32. The number of rotatable bonds is 4. The van der Waals surface area contributed by atoms with Gasteiger partial charge in [-0.3, -0.25) is 4.90 Å². The van der Waals surface area contributed by atoms with E-state index in [1.54, 1.807) is 6.07 Å². The number of nitrogens with one attached hydrogen (secondary N) is 1. The van der Waals surface area contributed by atoms with Crippen LogP contribution >= 0.6 is 0 Å². The van der Waals surface area contributed by atoms with Crippen molar-refractivity contribution >= 4 is 5.69 Å². The Labute approximate surface area is 114 Å². The van der Waals surface area contributed by atoms with Crippen molar-refractivity contribution in [1.82, 2.24) is 4.90 Å². The fourth-order valence-corrected chi connectivity index (χ4v) is 2.51. The molecule has 1 aromatic rings. The minimum atomic E-state index is -0.369. The monoisotopic (exact) mass is 261 g/mol. The van der Waals surface area contributed by atoms with E-state index < -0.39 is 0 Å². The van der Waals surface area contributed by atoms with Gasteiger partial charge in [-0.2, -0.15) is 5.26 Å². The third-order valence-corrected chi connectivity index (χ3v) is 3.70. The highest BCUT2D eigenvalue weighted by Gasteiger charge is 2.16. The summed E-state index contributed by atoms with van der Waals surface area (Å²) in [6, 6.07) is 6.74. The molecule has 4 heteroatoms. The van der Waals surface area contributed by atoms with Crippen LogP contribution in [0, 0.1) is 17.1 Å². The quantitative estimate of drug-likeness (QED) is 0.905. The number of benzene rings is 1. The van der Waals surface area contributed by atoms with E-state index in [0.717, 1.165) is 19.6 Å². The van der Waals surface area contributed by atoms with Gasteiger partial charge in [-0.15, -0.1) is 0 Å². The highest BCUT2D eigenvalue weighted by atomic mass is 19.1. The molecule has 1 fully saturated rings. The van der Waals surface area contributed by atoms with Crippen LogP contribution in [-0.4, -0.2) is 30.6 Å². The van der Waals surface area contributed by atoms with Crippen LogP contribution in [0.25, 0.3) is 0 Å². The molecule has 1 aliphatic rings. The summed E-state index contributed by atoms with van der Waals surface area (Å²) in [6.07, 6.45) is 3.86. The van der Waals surface area contributed by atoms with Gasteiger partial charge in [-0.05, 0) is 51.1 Å². The molecule has 1 saturated heterocycles. The molecule has 102 valence electrons. The molecule has 1 heterocycles. The lowest BCUT2D eigenvalue weighted by Crippen LogP contribution is -2.41. The summed E-state index contributed by atoms with van der Waals surface area (Å²) < 4.78 is 13.0. The summed E-state index contributed by atoms with van der Waals surface area (Å²) in [7, 11) is 0. The van der Waals surface area contributed by atoms with Crippen LogP contribution in [0.5, 0.6) is 0 Å². The van der Waals surface area contributed by atoms with Gasteiger partial charge in [0.05, 0.1) is 11.3 Å². The molecule has 0 amide bonds. The number of nitrogens with zero attached hydrogens (tertiary/aromatic N) is 2. The number of hydrogen-bond donors (Lipinski definition) is 1. The molecule has 0 aromatic heterocycles. The maximum atomic E-state index is 13.0. The zero-order valence-electron chi connectivity index (χ0n) is 11.3. The molecular weight excluding hydrogens is 241 g/mol. The van der Waals surface area contributed by atoms with Gasteiger partial charge in [-0.1, -0.05) is 6.42 Å². The molecule has 0 bridgehead atoms. The summed E-state index contributed by atoms with van der Waals surface area (Å²) >= 11 is 0. The van der Waals surface area contributed by atoms with Crippen molar-refractivity contribution in [1.29, 1.82) is 5.26 Å². The third-order valence-electron chi connectivity index (χ3n) is 3.70. The molecule has 2 rings (SSSR count). The van der Waals surface area contributed by atoms with Crippen LogP contribution < -0.4 is 5.32 Å². The summed E-state index contributed by atoms with van der Waals surface area (Å²) in [5.74, 6) is -0.369. The molecule has 0 saturated carbocycles. The number of piperidine rings is 1. The fourth-order valence-electron chi connectivity index (χ4n) is 2.51. The standard InChI is InChI=1S/C15H20FN3/c1-12(19-7-3-2-4-8-19)11-18-15-6-5-14(16)9-13(15)10-17/h5-6,9,12,18H,2-4,7-8,11H2,1H3. The van der Waals surface area contributed by atoms with E-state index in [-0.39, 0.29) is 5.82 Å². The second-order valence-corrected chi connectivity index (χ2v) is 5.13. The van der Waals surface area contributed by atoms with E-state index in [1.807, 2.05) is 6.07 Å². The molecule has 1 N–H and O–H groups in total. The molecule has 19 heavy (non-hydrogen) atoms. The average molecular weight is 261 g/mol. The SMILES string of the molecule is CC(CNc1ccc(F)cc1C#N)N1CCCCC1. The van der Waals surface area contributed by atoms with Gasteiger partial charge >= 0.3 is 0 Å². The maximum Gasteiger partial charge on any atom is 0.124 e. The van der Waals surface area contributed by atoms with Gasteiger partial charge in [0.25, 0.3) is 0 Å². The molecule has 1 aliphatic heterocycles. The van der Waals surface area contributed by atoms with Crippen molar-refractivity contribution in [2.75, 3.05) is 25.0 Å². The fraction of sp³-hybridized carbons (Fsp3) is 0.533. The minimum Gasteiger partial charge on any atom is -0.382 e. The summed E-state index contributed by atoms with van der Waals surface area (Å²) in [4.78, 5) is 2.46. The average Bonchev–Trinajstić information content (AvgIpc) is 2.46. The second kappa shape index (κ2) is 6.53. The van der Waals surface area contributed by atoms with Crippen LogP contribution in [0.3, 0.4) is 0 Å². The van der Waals surface area contributed by atoms with Crippen LogP contribution in [-0.2, 0) is 0 Å². The Morgan fingerprint density at radius 1 is 1.37 bits per heavy atom. The molecule has 0 spiro atoms. The number of nitriles is 1. The van der Waals surface area contributed by atoms with Crippen molar-refractivity contribution in [2.45, 2.75) is 32.2 Å². The molecular formula is C15H20FN3. The molecule has 0 radical (unpaired) electrons. The topological polar surface area (TPSA) is 39.1 Å². The van der Waals surface area contributed by atoms with Crippen molar-refractivity contribution in [2.24, 2.45) is 0 Å². The van der Waals surface area contributed by atoms with Gasteiger partial charge in [0.15, 0.2) is 0 Å². The highest BCUT2D eigenvalue weighted by Crippen LogP contribution is 2.17. The smallest absolute Gasteiger partial charge is 0.124 e. The predicted octanol–water partition coefficient (Wildman–Crippen LogP) is 2.98. The van der Waals surface area contributed by atoms with Gasteiger partial charge in [0, 0.05) is 12.6 Å². The van der Waals surface area contributed by atoms with E-state index >= 15 is 0 Å². The first-order valence-corrected chi connectivity index (χ1v) is 6.88. The summed E-state index contributed by atoms with van der Waals surface area (Å²) in [6.45, 7) is 5.27. The van der Waals surface area contributed by atoms with E-state index in [1.165, 1.54) is 31.4 Å². The molecule has 1 atom stereocenters. The Morgan fingerprint density at radius 3 is 2.79 bits per heavy atom. The van der Waals surface area contributed by atoms with Gasteiger partial charge in [0.1, 0.15) is 11.9 Å². The maximum absolute atomic E-state index is 13.0. The Hall–Kier alpha value is -1.60. The Balaban J connectivity index is 1.93. The minimum absolute atomic E-state index is 0.367. The molecule has 0 aliphatic carbocycles. The lowest BCUT2D eigenvalue weighted by molar-refractivity contribution is 0.180. The highest BCUT2D eigenvalue weighted by molar-refractivity contribution is 5.57. The van der Waals surface area contributed by atoms with E-state index in [0.29, 0.717) is 17.3 Å². The second-order valence-electron chi connectivity index (χ2n) is 5.13. The predicted molar refractivity (Wildman–Crippen MR) is 74.5 cm³/mol. The number of anilines is 1. The Morgan fingerprint density at radius 2 is 2.11 bits per heavy atom. The van der Waals surface area contributed by atoms with Crippen LogP contribution in [0.1, 0.15) is 31.7 Å². The molecule has 3 nitrogen and oxygen atoms in total. The zero-order chi connectivity index (χ0) is 13.7. The van der Waals surface area contributed by atoms with Crippen LogP contribution in [0.2, 0.25) is 0 Å². The summed E-state index contributed by atoms with van der Waals surface area (Å²) in [5, 5.41) is 12.2. The number of likely N-dealkylation sites (tertiary alicyclic amines) is 1. The van der Waals surface area contributed by atoms with Crippen LogP contribution in [0.15, 0.2) is 18.2 Å². The van der Waals surface area contributed by atoms with Crippen molar-refractivity contribution in [3.8, 4) is 6.07 Å². The Bertz CT molecular complexity index is 461. The third kappa shape index (κ3) is 3.68. The van der Waals surface area contributed by atoms with Crippen molar-refractivity contribution in [3.05, 3.63) is 29.6 Å². The number of halogens is 1. The largest absolute Gasteiger partial charge is 0.382 e. The van der Waals surface area contributed by atoms with Crippen LogP contribution in [0.4, 0.5) is 10.1 Å². The first-order valence-electron chi connectivity index (χ1n) is 6.88. The van der Waals surface area contributed by atoms with E-state index in [4.69, 9.17) is 5.26 Å². The van der Waals surface area contributed by atoms with Gasteiger partial charge in [0.2, 0.25) is 0 Å². The first kappa shape index (κ1) is 13.8. The summed E-state index contributed by atoms with van der Waals surface area (Å²) in [5.41, 5.74) is 1.08. The van der Waals surface area contributed by atoms with E-state index in [2.05, 4.69) is 17.1 Å². The van der Waals surface area contributed by atoms with E-state index in [9.17, 15) is 4.39 Å². The van der Waals surface area contributed by atoms with Crippen molar-refractivity contribution in [3.63, 3.8) is 0 Å². The van der Waals surface area contributed by atoms with Gasteiger partial charge in [-0.25, -0.2) is 4.39 Å². The normalized spacial score (nSPS) is 17.7. The molecule has 1 unspecified atom stereocenters. The number of hydrogen-bond acceptors (Lipinski definition) is 3. The van der Waals surface area contributed by atoms with Gasteiger partial charge < -0.3 is 5.32 Å². The molecule has 1 aromatic carbocycles. The zero-order valence-corrected chi connectivity index (χ0v) is 11.3. The Kier molecular flexibility index (Phi) is 4.75. The van der Waals surface area contributed by atoms with Crippen molar-refractivity contribution < 1.29 is 4.39 Å². The lowest BCUT2D eigenvalue weighted by atomic mass is 10.1.